The van der Waals surface area contributed by atoms with Gasteiger partial charge >= 0.3 is 0 Å². The molecule has 0 amide bonds. The van der Waals surface area contributed by atoms with E-state index in [2.05, 4.69) is 91.6 Å². The minimum Gasteiger partial charge on any atom is -0.352 e. The molecule has 7 heteroatoms. The summed E-state index contributed by atoms with van der Waals surface area (Å²) in [7, 11) is 1.84. The summed E-state index contributed by atoms with van der Waals surface area (Å²) in [5, 5.41) is 7.10. The summed E-state index contributed by atoms with van der Waals surface area (Å²) in [6.45, 7) is 5.91. The molecule has 2 atom stereocenters. The van der Waals surface area contributed by atoms with Crippen molar-refractivity contribution in [2.45, 2.75) is 45.1 Å². The number of aliphatic imine (C=N–C) groups is 1. The van der Waals surface area contributed by atoms with Gasteiger partial charge in [-0.1, -0.05) is 54.6 Å². The van der Waals surface area contributed by atoms with Crippen molar-refractivity contribution in [1.82, 2.24) is 25.1 Å². The van der Waals surface area contributed by atoms with Crippen LogP contribution in [0.5, 0.6) is 0 Å². The second kappa shape index (κ2) is 12.0. The van der Waals surface area contributed by atoms with E-state index >= 15 is 0 Å². The number of benzene rings is 2. The second-order valence-corrected chi connectivity index (χ2v) is 8.32. The molecule has 3 aromatic rings. The van der Waals surface area contributed by atoms with Gasteiger partial charge in [0.25, 0.3) is 0 Å². The summed E-state index contributed by atoms with van der Waals surface area (Å²) in [5.41, 5.74) is 3.88. The van der Waals surface area contributed by atoms with Gasteiger partial charge in [-0.05, 0) is 30.0 Å². The first-order valence-electron chi connectivity index (χ1n) is 11.0. The van der Waals surface area contributed by atoms with Crippen LogP contribution in [0.15, 0.2) is 78.3 Å². The molecule has 1 saturated heterocycles. The second-order valence-electron chi connectivity index (χ2n) is 8.32. The van der Waals surface area contributed by atoms with Gasteiger partial charge in [0.15, 0.2) is 5.96 Å². The Morgan fingerprint density at radius 1 is 1.06 bits per heavy atom. The van der Waals surface area contributed by atoms with Crippen LogP contribution in [0.4, 0.5) is 0 Å². The van der Waals surface area contributed by atoms with Gasteiger partial charge in [-0.3, -0.25) is 9.89 Å². The lowest BCUT2D eigenvalue weighted by Gasteiger charge is -2.21. The molecule has 170 valence electrons. The van der Waals surface area contributed by atoms with E-state index in [1.165, 1.54) is 16.7 Å². The minimum atomic E-state index is 0. The Hall–Kier alpha value is -2.39. The molecule has 4 rings (SSSR count). The maximum Gasteiger partial charge on any atom is 0.191 e. The van der Waals surface area contributed by atoms with Crippen molar-refractivity contribution < 1.29 is 0 Å². The van der Waals surface area contributed by atoms with Crippen LogP contribution in [0.3, 0.4) is 0 Å². The third kappa shape index (κ3) is 6.80. The van der Waals surface area contributed by atoms with Gasteiger partial charge in [-0.15, -0.1) is 24.0 Å². The molecule has 2 aromatic carbocycles. The number of halogens is 1. The number of nitrogens with one attached hydrogen (secondary N) is 2. The largest absolute Gasteiger partial charge is 0.352 e. The van der Waals surface area contributed by atoms with Crippen LogP contribution in [0.1, 0.15) is 30.0 Å². The zero-order valence-corrected chi connectivity index (χ0v) is 21.1. The molecule has 1 aliphatic heterocycles. The highest BCUT2D eigenvalue weighted by atomic mass is 127. The Kier molecular flexibility index (Phi) is 9.11. The van der Waals surface area contributed by atoms with Crippen molar-refractivity contribution in [2.75, 3.05) is 13.6 Å². The SMILES string of the molecule is CN=C(NCc1cccc(Cn2ccnc2)c1)NC1CC(C)N(Cc2ccccc2)C1.I. The number of rotatable bonds is 7. The molecule has 0 spiro atoms. The average Bonchev–Trinajstić information content (AvgIpc) is 3.42. The van der Waals surface area contributed by atoms with Gasteiger partial charge in [0.2, 0.25) is 0 Å². The first kappa shape index (κ1) is 24.3. The maximum absolute atomic E-state index is 4.45. The Bertz CT molecular complexity index is 973. The number of hydrogen-bond donors (Lipinski definition) is 2. The smallest absolute Gasteiger partial charge is 0.191 e. The van der Waals surface area contributed by atoms with Gasteiger partial charge in [-0.25, -0.2) is 4.98 Å². The van der Waals surface area contributed by atoms with Crippen molar-refractivity contribution >= 4 is 29.9 Å². The highest BCUT2D eigenvalue weighted by molar-refractivity contribution is 14.0. The molecule has 0 saturated carbocycles. The summed E-state index contributed by atoms with van der Waals surface area (Å²) in [6.07, 6.45) is 6.76. The quantitative estimate of drug-likeness (QED) is 0.270. The fourth-order valence-electron chi connectivity index (χ4n) is 4.24. The molecule has 1 aromatic heterocycles. The molecular formula is C25H33IN6. The highest BCUT2D eigenvalue weighted by Gasteiger charge is 2.29. The third-order valence-corrected chi connectivity index (χ3v) is 5.87. The van der Waals surface area contributed by atoms with E-state index in [9.17, 15) is 0 Å². The monoisotopic (exact) mass is 544 g/mol. The lowest BCUT2D eigenvalue weighted by Crippen LogP contribution is -2.44. The molecule has 1 fully saturated rings. The zero-order chi connectivity index (χ0) is 21.5. The summed E-state index contributed by atoms with van der Waals surface area (Å²) in [4.78, 5) is 11.1. The molecule has 0 bridgehead atoms. The molecular weight excluding hydrogens is 511 g/mol. The van der Waals surface area contributed by atoms with E-state index < -0.39 is 0 Å². The van der Waals surface area contributed by atoms with E-state index in [0.29, 0.717) is 12.1 Å². The predicted octanol–water partition coefficient (Wildman–Crippen LogP) is 3.88. The summed E-state index contributed by atoms with van der Waals surface area (Å²) in [5.74, 6) is 0.860. The van der Waals surface area contributed by atoms with Gasteiger partial charge in [0, 0.05) is 57.7 Å². The van der Waals surface area contributed by atoms with Crippen molar-refractivity contribution in [3.8, 4) is 0 Å². The van der Waals surface area contributed by atoms with Crippen LogP contribution in [0, 0.1) is 0 Å². The fourth-order valence-corrected chi connectivity index (χ4v) is 4.24. The number of hydrogen-bond acceptors (Lipinski definition) is 3. The Morgan fingerprint density at radius 3 is 2.59 bits per heavy atom. The van der Waals surface area contributed by atoms with Crippen molar-refractivity contribution in [3.63, 3.8) is 0 Å². The van der Waals surface area contributed by atoms with Crippen LogP contribution in [0.2, 0.25) is 0 Å². The average molecular weight is 544 g/mol. The first-order valence-corrected chi connectivity index (χ1v) is 11.0. The van der Waals surface area contributed by atoms with Crippen LogP contribution >= 0.6 is 24.0 Å². The van der Waals surface area contributed by atoms with E-state index in [4.69, 9.17) is 0 Å². The number of imidazole rings is 1. The zero-order valence-electron chi connectivity index (χ0n) is 18.8. The summed E-state index contributed by atoms with van der Waals surface area (Å²) >= 11 is 0. The van der Waals surface area contributed by atoms with E-state index in [-0.39, 0.29) is 24.0 Å². The lowest BCUT2D eigenvalue weighted by atomic mass is 10.1. The topological polar surface area (TPSA) is 57.5 Å². The Labute approximate surface area is 208 Å². The number of aromatic nitrogens is 2. The van der Waals surface area contributed by atoms with Gasteiger partial charge in [-0.2, -0.15) is 0 Å². The molecule has 0 aliphatic carbocycles. The minimum absolute atomic E-state index is 0. The van der Waals surface area contributed by atoms with Crippen LogP contribution in [-0.4, -0.2) is 46.1 Å². The van der Waals surface area contributed by atoms with Crippen molar-refractivity contribution in [3.05, 3.63) is 90.0 Å². The van der Waals surface area contributed by atoms with E-state index in [0.717, 1.165) is 38.6 Å². The molecule has 2 heterocycles. The Morgan fingerprint density at radius 2 is 1.84 bits per heavy atom. The van der Waals surface area contributed by atoms with Gasteiger partial charge in [0.1, 0.15) is 0 Å². The lowest BCUT2D eigenvalue weighted by molar-refractivity contribution is 0.258. The third-order valence-electron chi connectivity index (χ3n) is 5.87. The molecule has 2 unspecified atom stereocenters. The Balaban J connectivity index is 0.00000289. The summed E-state index contributed by atoms with van der Waals surface area (Å²) < 4.78 is 2.08. The summed E-state index contributed by atoms with van der Waals surface area (Å²) in [6, 6.07) is 20.3. The molecule has 0 radical (unpaired) electrons. The fraction of sp³-hybridized carbons (Fsp3) is 0.360. The highest BCUT2D eigenvalue weighted by Crippen LogP contribution is 2.20. The standard InChI is InChI=1S/C25H32N6.HI/c1-20-13-24(18-31(20)17-21-7-4-3-5-8-21)29-25(26-2)28-15-22-9-6-10-23(14-22)16-30-12-11-27-19-30;/h3-12,14,19-20,24H,13,15-18H2,1-2H3,(H2,26,28,29);1H. The number of nitrogens with zero attached hydrogens (tertiary/aromatic N) is 4. The number of likely N-dealkylation sites (tertiary alicyclic amines) is 1. The molecule has 32 heavy (non-hydrogen) atoms. The molecule has 6 nitrogen and oxygen atoms in total. The predicted molar refractivity (Wildman–Crippen MR) is 141 cm³/mol. The van der Waals surface area contributed by atoms with Gasteiger partial charge in [0.05, 0.1) is 6.33 Å². The first-order chi connectivity index (χ1) is 15.2. The van der Waals surface area contributed by atoms with E-state index in [1.807, 2.05) is 25.8 Å². The maximum atomic E-state index is 4.45. The van der Waals surface area contributed by atoms with Crippen LogP contribution in [-0.2, 0) is 19.6 Å². The van der Waals surface area contributed by atoms with Gasteiger partial charge < -0.3 is 15.2 Å². The van der Waals surface area contributed by atoms with Crippen molar-refractivity contribution in [1.29, 1.82) is 0 Å². The normalized spacial score (nSPS) is 18.9. The molecule has 2 N–H and O–H groups in total. The number of guanidine groups is 1. The van der Waals surface area contributed by atoms with E-state index in [1.54, 1.807) is 0 Å². The molecule has 1 aliphatic rings. The van der Waals surface area contributed by atoms with Crippen LogP contribution in [0.25, 0.3) is 0 Å². The van der Waals surface area contributed by atoms with Crippen molar-refractivity contribution in [2.24, 2.45) is 4.99 Å². The van der Waals surface area contributed by atoms with Crippen LogP contribution < -0.4 is 10.6 Å².